The summed E-state index contributed by atoms with van der Waals surface area (Å²) in [5.74, 6) is 2.65. The van der Waals surface area contributed by atoms with Crippen molar-refractivity contribution >= 4 is 11.8 Å². The Morgan fingerprint density at radius 2 is 1.52 bits per heavy atom. The molecule has 0 bridgehead atoms. The van der Waals surface area contributed by atoms with E-state index in [0.29, 0.717) is 6.61 Å². The van der Waals surface area contributed by atoms with Crippen molar-refractivity contribution < 1.29 is 4.74 Å². The molecular weight excluding hydrogens is 378 g/mol. The summed E-state index contributed by atoms with van der Waals surface area (Å²) in [6, 6.07) is 28.8. The Balaban J connectivity index is 1.63. The Morgan fingerprint density at radius 1 is 0.828 bits per heavy atom. The van der Waals surface area contributed by atoms with Gasteiger partial charge in [-0.2, -0.15) is 0 Å². The average molecular weight is 402 g/mol. The van der Waals surface area contributed by atoms with E-state index in [9.17, 15) is 0 Å². The largest absolute Gasteiger partial charge is 0.494 e. The molecule has 0 saturated heterocycles. The molecule has 3 aromatic carbocycles. The van der Waals surface area contributed by atoms with Crippen LogP contribution in [-0.2, 0) is 6.42 Å². The minimum absolute atomic E-state index is 0.655. The normalized spacial score (nSPS) is 10.8. The van der Waals surface area contributed by atoms with Crippen LogP contribution in [0.2, 0.25) is 0 Å². The number of thioether (sulfide) groups is 1. The fourth-order valence-electron chi connectivity index (χ4n) is 3.13. The molecule has 0 aliphatic heterocycles. The summed E-state index contributed by atoms with van der Waals surface area (Å²) in [4.78, 5) is 0. The van der Waals surface area contributed by atoms with Gasteiger partial charge in [0.2, 0.25) is 0 Å². The second kappa shape index (κ2) is 9.43. The molecule has 0 unspecified atom stereocenters. The van der Waals surface area contributed by atoms with Gasteiger partial charge in [-0.15, -0.1) is 10.2 Å². The molecule has 0 saturated carbocycles. The number of ether oxygens (including phenoxy) is 1. The SMILES string of the molecule is CCOc1ccc(-n2c(SCCc3ccccc3)nnc2-c2ccccc2)cc1. The van der Waals surface area contributed by atoms with E-state index in [1.165, 1.54) is 5.56 Å². The van der Waals surface area contributed by atoms with Crippen LogP contribution in [0.25, 0.3) is 17.1 Å². The molecule has 0 N–H and O–H groups in total. The molecule has 0 amide bonds. The van der Waals surface area contributed by atoms with Crippen molar-refractivity contribution in [3.8, 4) is 22.8 Å². The number of aryl methyl sites for hydroxylation is 1. The number of nitrogens with zero attached hydrogens (tertiary/aromatic N) is 3. The van der Waals surface area contributed by atoms with Crippen LogP contribution in [-0.4, -0.2) is 27.1 Å². The summed E-state index contributed by atoms with van der Waals surface area (Å²) < 4.78 is 7.72. The Morgan fingerprint density at radius 3 is 2.21 bits per heavy atom. The van der Waals surface area contributed by atoms with E-state index in [-0.39, 0.29) is 0 Å². The van der Waals surface area contributed by atoms with E-state index in [4.69, 9.17) is 4.74 Å². The number of aromatic nitrogens is 3. The third kappa shape index (κ3) is 4.69. The summed E-state index contributed by atoms with van der Waals surface area (Å²) in [6.07, 6.45) is 0.988. The molecule has 0 spiro atoms. The van der Waals surface area contributed by atoms with Crippen molar-refractivity contribution in [3.63, 3.8) is 0 Å². The van der Waals surface area contributed by atoms with Crippen LogP contribution in [0.1, 0.15) is 12.5 Å². The topological polar surface area (TPSA) is 39.9 Å². The van der Waals surface area contributed by atoms with Crippen molar-refractivity contribution in [2.24, 2.45) is 0 Å². The van der Waals surface area contributed by atoms with Gasteiger partial charge in [-0.25, -0.2) is 0 Å². The van der Waals surface area contributed by atoms with Gasteiger partial charge in [0.05, 0.1) is 6.61 Å². The van der Waals surface area contributed by atoms with Gasteiger partial charge in [-0.3, -0.25) is 4.57 Å². The minimum atomic E-state index is 0.655. The lowest BCUT2D eigenvalue weighted by Crippen LogP contribution is -2.01. The molecule has 29 heavy (non-hydrogen) atoms. The molecule has 0 radical (unpaired) electrons. The van der Waals surface area contributed by atoms with E-state index in [1.807, 2.05) is 43.3 Å². The average Bonchev–Trinajstić information content (AvgIpc) is 3.20. The van der Waals surface area contributed by atoms with Crippen molar-refractivity contribution in [3.05, 3.63) is 90.5 Å². The van der Waals surface area contributed by atoms with Gasteiger partial charge >= 0.3 is 0 Å². The van der Waals surface area contributed by atoms with Crippen LogP contribution in [0.3, 0.4) is 0 Å². The quantitative estimate of drug-likeness (QED) is 0.357. The van der Waals surface area contributed by atoms with Crippen LogP contribution in [0.4, 0.5) is 0 Å². The van der Waals surface area contributed by atoms with Gasteiger partial charge in [-0.1, -0.05) is 72.4 Å². The third-order valence-electron chi connectivity index (χ3n) is 4.54. The van der Waals surface area contributed by atoms with Crippen LogP contribution in [0.15, 0.2) is 90.1 Å². The molecule has 0 atom stereocenters. The maximum absolute atomic E-state index is 5.59. The van der Waals surface area contributed by atoms with Gasteiger partial charge in [0.25, 0.3) is 0 Å². The van der Waals surface area contributed by atoms with Gasteiger partial charge < -0.3 is 4.74 Å². The lowest BCUT2D eigenvalue weighted by molar-refractivity contribution is 0.340. The van der Waals surface area contributed by atoms with Crippen molar-refractivity contribution in [2.45, 2.75) is 18.5 Å². The highest BCUT2D eigenvalue weighted by Gasteiger charge is 2.16. The molecule has 0 fully saturated rings. The van der Waals surface area contributed by atoms with Crippen molar-refractivity contribution in [1.29, 1.82) is 0 Å². The molecular formula is C24H23N3OS. The first-order chi connectivity index (χ1) is 14.3. The predicted molar refractivity (Wildman–Crippen MR) is 119 cm³/mol. The highest BCUT2D eigenvalue weighted by Crippen LogP contribution is 2.29. The van der Waals surface area contributed by atoms with E-state index in [2.05, 4.69) is 63.3 Å². The molecule has 4 rings (SSSR count). The molecule has 4 aromatic rings. The summed E-state index contributed by atoms with van der Waals surface area (Å²) in [5.41, 5.74) is 3.40. The first-order valence-electron chi connectivity index (χ1n) is 9.76. The number of hydrogen-bond acceptors (Lipinski definition) is 4. The zero-order valence-corrected chi connectivity index (χ0v) is 17.2. The summed E-state index contributed by atoms with van der Waals surface area (Å²) in [6.45, 7) is 2.64. The standard InChI is InChI=1S/C24H23N3OS/c1-2-28-22-15-13-21(14-16-22)27-23(20-11-7-4-8-12-20)25-26-24(27)29-18-17-19-9-5-3-6-10-19/h3-16H,2,17-18H2,1H3. The molecule has 146 valence electrons. The molecule has 1 aromatic heterocycles. The van der Waals surface area contributed by atoms with Crippen molar-refractivity contribution in [2.75, 3.05) is 12.4 Å². The van der Waals surface area contributed by atoms with Crippen molar-refractivity contribution in [1.82, 2.24) is 14.8 Å². The van der Waals surface area contributed by atoms with Crippen LogP contribution in [0.5, 0.6) is 5.75 Å². The monoisotopic (exact) mass is 401 g/mol. The van der Waals surface area contributed by atoms with E-state index in [0.717, 1.165) is 40.2 Å². The second-order valence-electron chi connectivity index (χ2n) is 6.52. The Bertz CT molecular complexity index is 1030. The fraction of sp³-hybridized carbons (Fsp3) is 0.167. The van der Waals surface area contributed by atoms with E-state index in [1.54, 1.807) is 11.8 Å². The predicted octanol–water partition coefficient (Wildman–Crippen LogP) is 5.67. The minimum Gasteiger partial charge on any atom is -0.494 e. The second-order valence-corrected chi connectivity index (χ2v) is 7.58. The van der Waals surface area contributed by atoms with Crippen LogP contribution >= 0.6 is 11.8 Å². The number of hydrogen-bond donors (Lipinski definition) is 0. The zero-order valence-electron chi connectivity index (χ0n) is 16.4. The lowest BCUT2D eigenvalue weighted by Gasteiger charge is -2.11. The van der Waals surface area contributed by atoms with Crippen LogP contribution < -0.4 is 4.74 Å². The van der Waals surface area contributed by atoms with E-state index < -0.39 is 0 Å². The molecule has 1 heterocycles. The van der Waals surface area contributed by atoms with Gasteiger partial charge in [0, 0.05) is 17.0 Å². The molecule has 0 aliphatic carbocycles. The van der Waals surface area contributed by atoms with Crippen LogP contribution in [0, 0.1) is 0 Å². The third-order valence-corrected chi connectivity index (χ3v) is 5.47. The first-order valence-corrected chi connectivity index (χ1v) is 10.7. The smallest absolute Gasteiger partial charge is 0.196 e. The molecule has 4 nitrogen and oxygen atoms in total. The molecule has 5 heteroatoms. The maximum atomic E-state index is 5.59. The highest BCUT2D eigenvalue weighted by molar-refractivity contribution is 7.99. The number of rotatable bonds is 8. The highest BCUT2D eigenvalue weighted by atomic mass is 32.2. The van der Waals surface area contributed by atoms with E-state index >= 15 is 0 Å². The first kappa shape index (κ1) is 19.3. The summed E-state index contributed by atoms with van der Waals surface area (Å²) in [7, 11) is 0. The Kier molecular flexibility index (Phi) is 6.27. The van der Waals surface area contributed by atoms with Gasteiger partial charge in [-0.05, 0) is 43.2 Å². The Hall–Kier alpha value is -3.05. The molecule has 0 aliphatic rings. The maximum Gasteiger partial charge on any atom is 0.196 e. The van der Waals surface area contributed by atoms with Gasteiger partial charge in [0.1, 0.15) is 5.75 Å². The summed E-state index contributed by atoms with van der Waals surface area (Å²) >= 11 is 1.72. The fourth-order valence-corrected chi connectivity index (χ4v) is 4.07. The number of benzene rings is 3. The Labute approximate surface area is 175 Å². The summed E-state index contributed by atoms with van der Waals surface area (Å²) in [5, 5.41) is 9.90. The zero-order chi connectivity index (χ0) is 19.9. The van der Waals surface area contributed by atoms with Gasteiger partial charge in [0.15, 0.2) is 11.0 Å². The lowest BCUT2D eigenvalue weighted by atomic mass is 10.2.